The van der Waals surface area contributed by atoms with Gasteiger partial charge >= 0.3 is 0 Å². The minimum absolute atomic E-state index is 0.0336. The number of halogens is 4. The molecule has 0 atom stereocenters. The molecule has 0 aliphatic heterocycles. The highest BCUT2D eigenvalue weighted by molar-refractivity contribution is 6.09. The lowest BCUT2D eigenvalue weighted by Gasteiger charge is -2.13. The van der Waals surface area contributed by atoms with E-state index in [2.05, 4.69) is 0 Å². The molecule has 2 aromatic heterocycles. The number of fused-ring (bicyclic) bond motifs is 1. The molecule has 3 aromatic carbocycles. The number of carbonyl (C=O) groups excluding carboxylic acids is 1. The smallest absolute Gasteiger partial charge is 0.280 e. The first kappa shape index (κ1) is 25.6. The Morgan fingerprint density at radius 2 is 1.62 bits per heavy atom. The van der Waals surface area contributed by atoms with Crippen LogP contribution in [0.5, 0.6) is 11.5 Å². The average Bonchev–Trinajstić information content (AvgIpc) is 3.21. The molecule has 0 saturated heterocycles. The van der Waals surface area contributed by atoms with E-state index in [-0.39, 0.29) is 23.4 Å². The minimum Gasteiger partial charge on any atom is -0.508 e. The summed E-state index contributed by atoms with van der Waals surface area (Å²) in [6.07, 6.45) is 1.52. The third kappa shape index (κ3) is 4.48. The second kappa shape index (κ2) is 10.0. The Hall–Kier alpha value is -5.06. The van der Waals surface area contributed by atoms with Gasteiger partial charge in [0.15, 0.2) is 23.3 Å². The highest BCUT2D eigenvalue weighted by Gasteiger charge is 2.29. The van der Waals surface area contributed by atoms with Crippen molar-refractivity contribution >= 4 is 17.1 Å². The number of nitrogens with zero attached hydrogens (tertiary/aromatic N) is 2. The molecule has 0 radical (unpaired) electrons. The zero-order valence-corrected chi connectivity index (χ0v) is 20.2. The maximum atomic E-state index is 15.0. The fourth-order valence-electron chi connectivity index (χ4n) is 4.28. The number of rotatable bonds is 6. The van der Waals surface area contributed by atoms with Crippen molar-refractivity contribution in [1.29, 1.82) is 0 Å². The van der Waals surface area contributed by atoms with Gasteiger partial charge in [0.05, 0.1) is 24.7 Å². The predicted molar refractivity (Wildman–Crippen MR) is 135 cm³/mol. The quantitative estimate of drug-likeness (QED) is 0.226. The summed E-state index contributed by atoms with van der Waals surface area (Å²) in [4.78, 5) is 26.5. The van der Waals surface area contributed by atoms with Crippen LogP contribution in [0.3, 0.4) is 0 Å². The topological polar surface area (TPSA) is 85.0 Å². The lowest BCUT2D eigenvalue weighted by atomic mass is 10.0. The molecule has 39 heavy (non-hydrogen) atoms. The van der Waals surface area contributed by atoms with Crippen LogP contribution in [-0.2, 0) is 6.54 Å². The van der Waals surface area contributed by atoms with Crippen LogP contribution in [-0.4, -0.2) is 27.3 Å². The summed E-state index contributed by atoms with van der Waals surface area (Å²) in [6.45, 7) is 0.0336. The Morgan fingerprint density at radius 3 is 2.26 bits per heavy atom. The molecule has 0 saturated carbocycles. The second-order valence-corrected chi connectivity index (χ2v) is 8.53. The number of pyridine rings is 1. The minimum atomic E-state index is -1.87. The van der Waals surface area contributed by atoms with E-state index >= 15 is 0 Å². The summed E-state index contributed by atoms with van der Waals surface area (Å²) >= 11 is 0. The van der Waals surface area contributed by atoms with Crippen LogP contribution in [0.25, 0.3) is 16.6 Å². The molecule has 0 aliphatic rings. The SMILES string of the molecule is COc1ccc(Cn2c(=O)c(C(=O)Nc3c(F)c(F)c(-c4cccc(O)c4)c(F)c3F)c3ccccn32)cc1. The number of methoxy groups -OCH3 is 1. The molecule has 0 bridgehead atoms. The van der Waals surface area contributed by atoms with E-state index in [0.29, 0.717) is 11.3 Å². The van der Waals surface area contributed by atoms with E-state index in [0.717, 1.165) is 12.1 Å². The van der Waals surface area contributed by atoms with Gasteiger partial charge in [0.2, 0.25) is 0 Å². The lowest BCUT2D eigenvalue weighted by Crippen LogP contribution is -2.26. The highest BCUT2D eigenvalue weighted by Crippen LogP contribution is 2.35. The van der Waals surface area contributed by atoms with Crippen LogP contribution in [0.2, 0.25) is 0 Å². The number of benzene rings is 3. The van der Waals surface area contributed by atoms with E-state index in [1.165, 1.54) is 40.7 Å². The van der Waals surface area contributed by atoms with E-state index in [1.54, 1.807) is 36.4 Å². The van der Waals surface area contributed by atoms with Crippen molar-refractivity contribution in [2.45, 2.75) is 6.54 Å². The van der Waals surface area contributed by atoms with Gasteiger partial charge in [-0.25, -0.2) is 22.2 Å². The number of phenolic OH excluding ortho intramolecular Hbond substituents is 1. The Bertz CT molecular complexity index is 1770. The maximum Gasteiger partial charge on any atom is 0.280 e. The van der Waals surface area contributed by atoms with Gasteiger partial charge in [0.25, 0.3) is 11.5 Å². The third-order valence-electron chi connectivity index (χ3n) is 6.16. The number of hydrogen-bond acceptors (Lipinski definition) is 4. The van der Waals surface area contributed by atoms with Crippen molar-refractivity contribution in [3.05, 3.63) is 118 Å². The van der Waals surface area contributed by atoms with Gasteiger partial charge < -0.3 is 15.2 Å². The first-order valence-electron chi connectivity index (χ1n) is 11.5. The number of nitrogens with one attached hydrogen (secondary N) is 1. The van der Waals surface area contributed by atoms with Gasteiger partial charge in [-0.2, -0.15) is 0 Å². The van der Waals surface area contributed by atoms with Crippen molar-refractivity contribution in [3.8, 4) is 22.6 Å². The van der Waals surface area contributed by atoms with Gasteiger partial charge in [-0.15, -0.1) is 0 Å². The van der Waals surface area contributed by atoms with Crippen molar-refractivity contribution in [3.63, 3.8) is 0 Å². The van der Waals surface area contributed by atoms with Gasteiger partial charge in [0.1, 0.15) is 22.7 Å². The summed E-state index contributed by atoms with van der Waals surface area (Å²) in [7, 11) is 1.51. The van der Waals surface area contributed by atoms with E-state index in [9.17, 15) is 32.3 Å². The summed E-state index contributed by atoms with van der Waals surface area (Å²) in [5, 5.41) is 11.4. The summed E-state index contributed by atoms with van der Waals surface area (Å²) < 4.78 is 67.5. The highest BCUT2D eigenvalue weighted by atomic mass is 19.2. The normalized spacial score (nSPS) is 11.1. The van der Waals surface area contributed by atoms with Crippen LogP contribution in [0.15, 0.2) is 77.7 Å². The maximum absolute atomic E-state index is 15.0. The van der Waals surface area contributed by atoms with Crippen LogP contribution in [0.1, 0.15) is 15.9 Å². The number of aromatic hydroxyl groups is 1. The predicted octanol–water partition coefficient (Wildman–Crippen LogP) is 5.34. The van der Waals surface area contributed by atoms with Crippen LogP contribution < -0.4 is 15.6 Å². The first-order chi connectivity index (χ1) is 18.7. The van der Waals surface area contributed by atoms with E-state index in [1.807, 2.05) is 5.32 Å². The zero-order valence-electron chi connectivity index (χ0n) is 20.2. The van der Waals surface area contributed by atoms with E-state index < -0.39 is 51.5 Å². The van der Waals surface area contributed by atoms with E-state index in [4.69, 9.17) is 4.74 Å². The standard InChI is InChI=1S/C28H19F4N3O4/c1-39-18-10-8-15(9-11-18)14-35-28(38)21(19-7-2-3-12-34(19)35)27(37)33-26-24(31)22(29)20(23(30)25(26)32)16-5-4-6-17(36)13-16/h2-13,36H,14H2,1H3,(H,33,37). The molecule has 198 valence electrons. The summed E-state index contributed by atoms with van der Waals surface area (Å²) in [5.41, 5.74) is -3.26. The lowest BCUT2D eigenvalue weighted by molar-refractivity contribution is 0.102. The molecule has 2 N–H and O–H groups in total. The summed E-state index contributed by atoms with van der Waals surface area (Å²) in [5.74, 6) is -8.35. The van der Waals surface area contributed by atoms with Gasteiger partial charge in [0, 0.05) is 6.20 Å². The molecule has 5 aromatic rings. The summed E-state index contributed by atoms with van der Waals surface area (Å²) in [6, 6.07) is 16.0. The van der Waals surface area contributed by atoms with Crippen molar-refractivity contribution in [2.75, 3.05) is 12.4 Å². The molecule has 0 unspecified atom stereocenters. The molecular weight excluding hydrogens is 518 g/mol. The second-order valence-electron chi connectivity index (χ2n) is 8.53. The Balaban J connectivity index is 1.56. The number of aromatic nitrogens is 2. The molecule has 2 heterocycles. The number of amides is 1. The number of carbonyl (C=O) groups is 1. The Morgan fingerprint density at radius 1 is 0.923 bits per heavy atom. The molecule has 0 fully saturated rings. The fourth-order valence-corrected chi connectivity index (χ4v) is 4.28. The molecular formula is C28H19F4N3O4. The van der Waals surface area contributed by atoms with Crippen molar-refractivity contribution in [2.24, 2.45) is 0 Å². The van der Waals surface area contributed by atoms with Crippen LogP contribution >= 0.6 is 0 Å². The van der Waals surface area contributed by atoms with Gasteiger partial charge in [-0.3, -0.25) is 14.1 Å². The van der Waals surface area contributed by atoms with Crippen LogP contribution in [0.4, 0.5) is 23.2 Å². The Labute approximate surface area is 218 Å². The van der Waals surface area contributed by atoms with Gasteiger partial charge in [-0.05, 0) is 47.5 Å². The molecule has 5 rings (SSSR count). The van der Waals surface area contributed by atoms with Crippen LogP contribution in [0, 0.1) is 23.3 Å². The zero-order chi connectivity index (χ0) is 27.8. The average molecular weight is 537 g/mol. The number of anilines is 1. The number of phenols is 1. The van der Waals surface area contributed by atoms with Crippen molar-refractivity contribution in [1.82, 2.24) is 9.20 Å². The number of ether oxygens (including phenoxy) is 1. The molecule has 0 spiro atoms. The van der Waals surface area contributed by atoms with Gasteiger partial charge in [-0.1, -0.05) is 30.3 Å². The number of hydrogen-bond donors (Lipinski definition) is 2. The first-order valence-corrected chi connectivity index (χ1v) is 11.5. The Kier molecular flexibility index (Phi) is 6.57. The monoisotopic (exact) mass is 537 g/mol. The largest absolute Gasteiger partial charge is 0.508 e. The molecule has 0 aliphatic carbocycles. The fraction of sp³-hybridized carbons (Fsp3) is 0.0714. The molecule has 1 amide bonds. The molecule has 11 heteroatoms. The third-order valence-corrected chi connectivity index (χ3v) is 6.16. The molecule has 7 nitrogen and oxygen atoms in total. The van der Waals surface area contributed by atoms with Crippen molar-refractivity contribution < 1.29 is 32.2 Å².